The maximum Gasteiger partial charge on any atom is 0.0892 e. The van der Waals surface area contributed by atoms with E-state index in [-0.39, 0.29) is 5.41 Å². The van der Waals surface area contributed by atoms with Crippen LogP contribution in [0.25, 0.3) is 31.3 Å². The van der Waals surface area contributed by atoms with Crippen molar-refractivity contribution in [1.29, 1.82) is 0 Å². The zero-order chi connectivity index (χ0) is 21.6. The third-order valence-corrected chi connectivity index (χ3v) is 11.0. The molecule has 6 aromatic rings. The minimum absolute atomic E-state index is 0.235. The van der Waals surface area contributed by atoms with E-state index in [0.29, 0.717) is 0 Å². The minimum atomic E-state index is -0.629. The van der Waals surface area contributed by atoms with Crippen LogP contribution in [0.15, 0.2) is 109 Å². The highest BCUT2D eigenvalue weighted by molar-refractivity contribution is 7.26. The SMILES string of the molecule is c1ccc2c(c1)[SiH2]c1c(ccc3sc4ccccc4c13)C21c2ccccc2-c2ccccc21. The highest BCUT2D eigenvalue weighted by Crippen LogP contribution is 2.56. The highest BCUT2D eigenvalue weighted by atomic mass is 32.1. The van der Waals surface area contributed by atoms with Crippen molar-refractivity contribution in [3.05, 3.63) is 131 Å². The summed E-state index contributed by atoms with van der Waals surface area (Å²) in [5.74, 6) is 0. The van der Waals surface area contributed by atoms with Crippen LogP contribution < -0.4 is 10.4 Å². The molecule has 0 N–H and O–H groups in total. The zero-order valence-electron chi connectivity index (χ0n) is 18.0. The van der Waals surface area contributed by atoms with Crippen LogP contribution in [-0.2, 0) is 5.41 Å². The Morgan fingerprint density at radius 1 is 0.515 bits per heavy atom. The maximum atomic E-state index is 2.47. The Hall–Kier alpha value is -3.46. The van der Waals surface area contributed by atoms with Gasteiger partial charge in [0, 0.05) is 14.8 Å². The lowest BCUT2D eigenvalue weighted by atomic mass is 9.67. The number of thiophene rings is 1. The lowest BCUT2D eigenvalue weighted by Gasteiger charge is -2.40. The molecule has 0 saturated carbocycles. The van der Waals surface area contributed by atoms with Gasteiger partial charge < -0.3 is 0 Å². The van der Waals surface area contributed by atoms with Gasteiger partial charge in [0.25, 0.3) is 0 Å². The van der Waals surface area contributed by atoms with E-state index in [2.05, 4.69) is 109 Å². The van der Waals surface area contributed by atoms with Gasteiger partial charge in [0.15, 0.2) is 0 Å². The Morgan fingerprint density at radius 2 is 1.15 bits per heavy atom. The Bertz CT molecular complexity index is 1710. The second-order valence-electron chi connectivity index (χ2n) is 9.24. The highest BCUT2D eigenvalue weighted by Gasteiger charge is 2.49. The summed E-state index contributed by atoms with van der Waals surface area (Å²) in [4.78, 5) is 0. The number of hydrogen-bond acceptors (Lipinski definition) is 1. The van der Waals surface area contributed by atoms with Crippen LogP contribution in [0.1, 0.15) is 22.3 Å². The molecule has 0 bridgehead atoms. The Morgan fingerprint density at radius 3 is 1.94 bits per heavy atom. The van der Waals surface area contributed by atoms with Crippen LogP contribution in [-0.4, -0.2) is 9.52 Å². The summed E-state index contributed by atoms with van der Waals surface area (Å²) in [5, 5.41) is 6.15. The van der Waals surface area contributed by atoms with Crippen molar-refractivity contribution in [2.45, 2.75) is 5.41 Å². The molecule has 1 aliphatic carbocycles. The molecule has 0 unspecified atom stereocenters. The quantitative estimate of drug-likeness (QED) is 0.253. The van der Waals surface area contributed by atoms with Crippen molar-refractivity contribution in [3.63, 3.8) is 0 Å². The van der Waals surface area contributed by atoms with Crippen molar-refractivity contribution >= 4 is 51.4 Å². The molecule has 0 fully saturated rings. The monoisotopic (exact) mass is 452 g/mol. The summed E-state index contributed by atoms with van der Waals surface area (Å²) in [6, 6.07) is 41.3. The molecule has 0 atom stereocenters. The van der Waals surface area contributed by atoms with Crippen LogP contribution in [0.2, 0.25) is 0 Å². The van der Waals surface area contributed by atoms with Gasteiger partial charge in [-0.1, -0.05) is 102 Å². The van der Waals surface area contributed by atoms with Crippen LogP contribution in [0.3, 0.4) is 0 Å². The number of hydrogen-bond donors (Lipinski definition) is 0. The minimum Gasteiger partial charge on any atom is -0.135 e. The fraction of sp³-hybridized carbons (Fsp3) is 0.0323. The van der Waals surface area contributed by atoms with Gasteiger partial charge in [0.05, 0.1) is 14.9 Å². The Balaban J connectivity index is 1.62. The molecule has 33 heavy (non-hydrogen) atoms. The summed E-state index contributed by atoms with van der Waals surface area (Å²) in [6.07, 6.45) is 0. The van der Waals surface area contributed by atoms with Gasteiger partial charge in [-0.15, -0.1) is 11.3 Å². The molecule has 2 heteroatoms. The average molecular weight is 453 g/mol. The predicted molar refractivity (Wildman–Crippen MR) is 144 cm³/mol. The van der Waals surface area contributed by atoms with E-state index < -0.39 is 9.52 Å². The van der Waals surface area contributed by atoms with E-state index in [1.165, 1.54) is 53.6 Å². The molecule has 1 aromatic heterocycles. The molecule has 2 heterocycles. The smallest absolute Gasteiger partial charge is 0.0892 e. The summed E-state index contributed by atoms with van der Waals surface area (Å²) in [5.41, 5.74) is 8.42. The van der Waals surface area contributed by atoms with E-state index in [4.69, 9.17) is 0 Å². The number of benzene rings is 5. The lowest BCUT2D eigenvalue weighted by Crippen LogP contribution is -2.49. The molecule has 154 valence electrons. The van der Waals surface area contributed by atoms with Gasteiger partial charge in [-0.2, -0.15) is 0 Å². The summed E-state index contributed by atoms with van der Waals surface area (Å²) in [7, 11) is -0.629. The van der Waals surface area contributed by atoms with Crippen molar-refractivity contribution in [3.8, 4) is 11.1 Å². The molecular formula is C31H20SSi. The topological polar surface area (TPSA) is 0 Å². The first-order valence-corrected chi connectivity index (χ1v) is 13.8. The van der Waals surface area contributed by atoms with Crippen LogP contribution in [0.4, 0.5) is 0 Å². The van der Waals surface area contributed by atoms with Gasteiger partial charge >= 0.3 is 0 Å². The number of fused-ring (bicyclic) bond motifs is 13. The Kier molecular flexibility index (Phi) is 3.45. The molecule has 0 nitrogen and oxygen atoms in total. The van der Waals surface area contributed by atoms with Crippen molar-refractivity contribution in [2.75, 3.05) is 0 Å². The first kappa shape index (κ1) is 18.0. The van der Waals surface area contributed by atoms with Gasteiger partial charge in [0.1, 0.15) is 0 Å². The summed E-state index contributed by atoms with van der Waals surface area (Å²) >= 11 is 1.94. The van der Waals surface area contributed by atoms with E-state index >= 15 is 0 Å². The molecule has 1 aliphatic heterocycles. The van der Waals surface area contributed by atoms with Gasteiger partial charge in [-0.05, 0) is 56.1 Å². The molecule has 8 rings (SSSR count). The first-order valence-electron chi connectivity index (χ1n) is 11.6. The van der Waals surface area contributed by atoms with Gasteiger partial charge in [0.2, 0.25) is 0 Å². The standard InChI is InChI=1S/C31H20SSi/c1-4-12-22-19(9-1)20-10-2-5-13-23(20)31(22)24-14-6-8-16-28(24)33-30-25(31)17-18-27-29(30)21-11-3-7-15-26(21)32-27/h1-18H,33H2. The molecule has 0 amide bonds. The zero-order valence-corrected chi connectivity index (χ0v) is 20.2. The predicted octanol–water partition coefficient (Wildman–Crippen LogP) is 5.85. The van der Waals surface area contributed by atoms with E-state index in [1.54, 1.807) is 10.4 Å². The van der Waals surface area contributed by atoms with E-state index in [9.17, 15) is 0 Å². The first-order chi connectivity index (χ1) is 16.4. The normalized spacial score (nSPS) is 15.5. The second-order valence-corrected chi connectivity index (χ2v) is 12.1. The molecule has 2 aliphatic rings. The lowest BCUT2D eigenvalue weighted by molar-refractivity contribution is 0.777. The van der Waals surface area contributed by atoms with Crippen molar-refractivity contribution < 1.29 is 0 Å². The molecule has 0 radical (unpaired) electrons. The molecule has 0 saturated heterocycles. The number of rotatable bonds is 0. The third kappa shape index (κ3) is 2.11. The molecule has 5 aromatic carbocycles. The van der Waals surface area contributed by atoms with E-state index in [0.717, 1.165) is 0 Å². The molecule has 1 spiro atoms. The van der Waals surface area contributed by atoms with Crippen LogP contribution in [0.5, 0.6) is 0 Å². The van der Waals surface area contributed by atoms with Crippen LogP contribution in [0, 0.1) is 0 Å². The summed E-state index contributed by atoms with van der Waals surface area (Å²) < 4.78 is 2.83. The fourth-order valence-electron chi connectivity index (χ4n) is 6.61. The van der Waals surface area contributed by atoms with Gasteiger partial charge in [-0.25, -0.2) is 0 Å². The van der Waals surface area contributed by atoms with E-state index in [1.807, 2.05) is 11.3 Å². The molecular weight excluding hydrogens is 432 g/mol. The Labute approximate surface area is 199 Å². The largest absolute Gasteiger partial charge is 0.135 e. The fourth-order valence-corrected chi connectivity index (χ4v) is 10.2. The third-order valence-electron chi connectivity index (χ3n) is 7.80. The van der Waals surface area contributed by atoms with Crippen molar-refractivity contribution in [2.24, 2.45) is 0 Å². The average Bonchev–Trinajstić information content (AvgIpc) is 3.39. The maximum absolute atomic E-state index is 2.47. The van der Waals surface area contributed by atoms with Crippen molar-refractivity contribution in [1.82, 2.24) is 0 Å². The summed E-state index contributed by atoms with van der Waals surface area (Å²) in [6.45, 7) is 0. The van der Waals surface area contributed by atoms with Crippen LogP contribution >= 0.6 is 11.3 Å². The van der Waals surface area contributed by atoms with Gasteiger partial charge in [-0.3, -0.25) is 0 Å². The second kappa shape index (κ2) is 6.32.